The van der Waals surface area contributed by atoms with Gasteiger partial charge < -0.3 is 29.4 Å². The molecule has 172 valence electrons. The summed E-state index contributed by atoms with van der Waals surface area (Å²) in [5, 5.41) is 10.1. The first-order valence-electron chi connectivity index (χ1n) is 7.91. The first-order chi connectivity index (χ1) is 13.4. The number of hydrogen-bond donors (Lipinski definition) is 5. The number of carbonyl (C=O) groups excluding carboxylic acids is 1. The van der Waals surface area contributed by atoms with Crippen LogP contribution in [-0.4, -0.2) is 66.2 Å². The third-order valence-electron chi connectivity index (χ3n) is 3.92. The zero-order valence-electron chi connectivity index (χ0n) is 15.2. The predicted octanol–water partition coefficient (Wildman–Crippen LogP) is 0.446. The highest BCUT2D eigenvalue weighted by Gasteiger charge is 2.57. The van der Waals surface area contributed by atoms with Crippen molar-refractivity contribution in [2.75, 3.05) is 6.61 Å². The summed E-state index contributed by atoms with van der Waals surface area (Å²) in [7, 11) is -16.8. The molecule has 0 aromatic heterocycles. The quantitative estimate of drug-likeness (QED) is 0.289. The number of allylic oxidation sites excluding steroid dienone is 1. The van der Waals surface area contributed by atoms with Crippen molar-refractivity contribution in [1.82, 2.24) is 4.90 Å². The molecule has 1 fully saturated rings. The molecule has 0 aromatic carbocycles. The lowest BCUT2D eigenvalue weighted by molar-refractivity contribution is -0.148. The van der Waals surface area contributed by atoms with E-state index in [1.54, 1.807) is 0 Å². The van der Waals surface area contributed by atoms with Crippen molar-refractivity contribution in [1.29, 1.82) is 0 Å². The van der Waals surface area contributed by atoms with Crippen LogP contribution in [0.2, 0.25) is 0 Å². The molecule has 2 heterocycles. The molecular formula is C12H19FNO13P3. The maximum absolute atomic E-state index is 15.0. The molecule has 30 heavy (non-hydrogen) atoms. The molecule has 2 unspecified atom stereocenters. The fourth-order valence-electron chi connectivity index (χ4n) is 2.64. The molecule has 0 aliphatic carbocycles. The number of hydrogen-bond acceptors (Lipinski definition) is 9. The van der Waals surface area contributed by atoms with Crippen molar-refractivity contribution in [3.63, 3.8) is 0 Å². The van der Waals surface area contributed by atoms with Crippen LogP contribution in [0.5, 0.6) is 0 Å². The maximum Gasteiger partial charge on any atom is 0.490 e. The van der Waals surface area contributed by atoms with Crippen molar-refractivity contribution in [2.45, 2.75) is 37.4 Å². The van der Waals surface area contributed by atoms with Crippen molar-refractivity contribution >= 4 is 29.4 Å². The molecule has 14 nitrogen and oxygen atoms in total. The van der Waals surface area contributed by atoms with Gasteiger partial charge in [0.25, 0.3) is 0 Å². The number of phosphoric acid groups is 3. The fraction of sp³-hybridized carbons (Fsp3) is 0.583. The van der Waals surface area contributed by atoms with Gasteiger partial charge in [-0.3, -0.25) is 14.2 Å². The molecular weight excluding hydrogens is 478 g/mol. The molecule has 2 rings (SSSR count). The molecule has 5 N–H and O–H groups in total. The number of halogens is 1. The predicted molar refractivity (Wildman–Crippen MR) is 93.7 cm³/mol. The lowest BCUT2D eigenvalue weighted by Gasteiger charge is -2.33. The number of alkyl halides is 1. The Balaban J connectivity index is 2.07. The number of carbonyl (C=O) groups is 1. The van der Waals surface area contributed by atoms with Gasteiger partial charge in [0.1, 0.15) is 12.2 Å². The lowest BCUT2D eigenvalue weighted by atomic mass is 9.97. The van der Waals surface area contributed by atoms with Crippen molar-refractivity contribution in [2.24, 2.45) is 0 Å². The van der Waals surface area contributed by atoms with E-state index in [1.165, 1.54) is 12.3 Å². The van der Waals surface area contributed by atoms with Crippen LogP contribution in [0.25, 0.3) is 0 Å². The van der Waals surface area contributed by atoms with Gasteiger partial charge in [0, 0.05) is 6.20 Å². The number of nitrogens with zero attached hydrogens (tertiary/aromatic N) is 1. The molecule has 0 radical (unpaired) electrons. The first-order valence-corrected chi connectivity index (χ1v) is 12.4. The molecule has 1 saturated heterocycles. The minimum atomic E-state index is -5.73. The van der Waals surface area contributed by atoms with E-state index in [0.717, 1.165) is 11.8 Å². The third-order valence-corrected chi connectivity index (χ3v) is 7.73. The number of phosphoric ester groups is 1. The second kappa shape index (κ2) is 8.62. The second-order valence-corrected chi connectivity index (χ2v) is 10.9. The summed E-state index contributed by atoms with van der Waals surface area (Å²) < 4.78 is 65.3. The van der Waals surface area contributed by atoms with E-state index in [-0.39, 0.29) is 6.42 Å². The Labute approximate surface area is 169 Å². The van der Waals surface area contributed by atoms with Crippen LogP contribution in [0, 0.1) is 0 Å². The van der Waals surface area contributed by atoms with Crippen LogP contribution < -0.4 is 0 Å². The summed E-state index contributed by atoms with van der Waals surface area (Å²) in [5.74, 6) is -0.586. The van der Waals surface area contributed by atoms with Gasteiger partial charge in [-0.25, -0.2) is 18.1 Å². The van der Waals surface area contributed by atoms with Crippen LogP contribution in [0.1, 0.15) is 13.3 Å². The summed E-state index contributed by atoms with van der Waals surface area (Å²) in [4.78, 5) is 48.4. The molecule has 0 aromatic rings. The van der Waals surface area contributed by atoms with Gasteiger partial charge in [-0.05, 0) is 18.6 Å². The first kappa shape index (κ1) is 25.5. The van der Waals surface area contributed by atoms with E-state index < -0.39 is 60.1 Å². The van der Waals surface area contributed by atoms with Gasteiger partial charge in [-0.2, -0.15) is 8.62 Å². The van der Waals surface area contributed by atoms with Crippen molar-refractivity contribution in [3.05, 3.63) is 24.4 Å². The summed E-state index contributed by atoms with van der Waals surface area (Å²) in [6.07, 6.45) is -2.77. The fourth-order valence-corrected chi connectivity index (χ4v) is 5.67. The van der Waals surface area contributed by atoms with Crippen LogP contribution in [0.4, 0.5) is 4.39 Å². The Morgan fingerprint density at radius 2 is 1.87 bits per heavy atom. The molecule has 2 aliphatic heterocycles. The lowest BCUT2D eigenvalue weighted by Crippen LogP contribution is -2.50. The van der Waals surface area contributed by atoms with Gasteiger partial charge in [0.15, 0.2) is 11.9 Å². The molecule has 0 spiro atoms. The van der Waals surface area contributed by atoms with Crippen molar-refractivity contribution < 1.29 is 65.4 Å². The monoisotopic (exact) mass is 497 g/mol. The Morgan fingerprint density at radius 3 is 2.40 bits per heavy atom. The smallest absolute Gasteiger partial charge is 0.387 e. The van der Waals surface area contributed by atoms with E-state index in [9.17, 15) is 28.5 Å². The van der Waals surface area contributed by atoms with Gasteiger partial charge in [0.05, 0.1) is 13.0 Å². The Bertz CT molecular complexity index is 885. The van der Waals surface area contributed by atoms with E-state index in [4.69, 9.17) is 19.4 Å². The van der Waals surface area contributed by atoms with E-state index in [2.05, 4.69) is 19.7 Å². The highest BCUT2D eigenvalue weighted by Crippen LogP contribution is 2.66. The minimum absolute atomic E-state index is 0.130. The SMILES string of the molecule is C=C1C=CN([C@@H]2O[C@H](COP(=O)(O)OP(=O)(O)OP(=O)(O)O)[C@@H](O)[C@@]2(C)F)C(=O)C1. The molecule has 2 aliphatic rings. The zero-order valence-corrected chi connectivity index (χ0v) is 17.9. The Morgan fingerprint density at radius 1 is 1.27 bits per heavy atom. The van der Waals surface area contributed by atoms with Gasteiger partial charge in [0.2, 0.25) is 5.91 Å². The summed E-state index contributed by atoms with van der Waals surface area (Å²) in [6, 6.07) is 0. The minimum Gasteiger partial charge on any atom is -0.387 e. The normalized spacial score (nSPS) is 34.1. The van der Waals surface area contributed by atoms with Gasteiger partial charge >= 0.3 is 23.5 Å². The van der Waals surface area contributed by atoms with Gasteiger partial charge in [-0.1, -0.05) is 6.58 Å². The second-order valence-electron chi connectivity index (χ2n) is 6.46. The van der Waals surface area contributed by atoms with Gasteiger partial charge in [-0.15, -0.1) is 0 Å². The molecule has 18 heteroatoms. The van der Waals surface area contributed by atoms with Crippen molar-refractivity contribution in [3.8, 4) is 0 Å². The molecule has 6 atom stereocenters. The number of amides is 1. The topological polar surface area (TPSA) is 210 Å². The van der Waals surface area contributed by atoms with E-state index >= 15 is 4.39 Å². The number of ether oxygens (including phenoxy) is 1. The molecule has 0 bridgehead atoms. The highest BCUT2D eigenvalue weighted by molar-refractivity contribution is 7.66. The zero-order chi connectivity index (χ0) is 23.1. The molecule has 1 amide bonds. The van der Waals surface area contributed by atoms with E-state index in [0.29, 0.717) is 5.57 Å². The standard InChI is InChI=1S/C12H19FNO13P3/c1-7-3-4-14(9(15)5-7)11-12(2,13)10(16)8(25-11)6-24-29(20,21)27-30(22,23)26-28(17,18)19/h3-4,8,10-11,16H,1,5-6H2,2H3,(H,20,21)(H,22,23)(H2,17,18,19)/t8-,10-,11-,12-/m1/s1. The highest BCUT2D eigenvalue weighted by atomic mass is 31.3. The van der Waals surface area contributed by atoms with Crippen LogP contribution in [0.3, 0.4) is 0 Å². The average Bonchev–Trinajstić information content (AvgIpc) is 2.73. The average molecular weight is 497 g/mol. The summed E-state index contributed by atoms with van der Waals surface area (Å²) >= 11 is 0. The van der Waals surface area contributed by atoms with Crippen LogP contribution in [0.15, 0.2) is 24.4 Å². The Kier molecular flexibility index (Phi) is 7.32. The third kappa shape index (κ3) is 6.36. The largest absolute Gasteiger partial charge is 0.490 e. The molecule has 0 saturated carbocycles. The van der Waals surface area contributed by atoms with E-state index in [1.807, 2.05) is 0 Å². The number of rotatable bonds is 8. The van der Waals surface area contributed by atoms with Crippen LogP contribution >= 0.6 is 23.5 Å². The number of aliphatic hydroxyl groups is 1. The number of aliphatic hydroxyl groups excluding tert-OH is 1. The summed E-state index contributed by atoms with van der Waals surface area (Å²) in [5.41, 5.74) is -2.09. The Hall–Kier alpha value is -0.790. The maximum atomic E-state index is 15.0. The van der Waals surface area contributed by atoms with Crippen LogP contribution in [-0.2, 0) is 36.4 Å². The summed E-state index contributed by atoms with van der Waals surface area (Å²) in [6.45, 7) is 3.43.